The predicted octanol–water partition coefficient (Wildman–Crippen LogP) is 4.82. The summed E-state index contributed by atoms with van der Waals surface area (Å²) < 4.78 is 10.8. The van der Waals surface area contributed by atoms with Gasteiger partial charge in [-0.2, -0.15) is 0 Å². The zero-order valence-electron chi connectivity index (χ0n) is 16.6. The maximum atomic E-state index is 12.5. The number of hydrogen-bond donors (Lipinski definition) is 3. The first kappa shape index (κ1) is 21.9. The number of carbonyl (C=O) groups is 1. The summed E-state index contributed by atoms with van der Waals surface area (Å²) in [6.07, 6.45) is 1.11. The van der Waals surface area contributed by atoms with Crippen LogP contribution in [-0.4, -0.2) is 36.3 Å². The number of amides is 1. The Bertz CT molecular complexity index is 792. The maximum absolute atomic E-state index is 12.5. The molecule has 6 nitrogen and oxygen atoms in total. The number of phenolic OH excluding ortho intramolecular Hbond substituents is 1. The van der Waals surface area contributed by atoms with Crippen molar-refractivity contribution in [2.24, 2.45) is 5.41 Å². The van der Waals surface area contributed by atoms with Crippen LogP contribution < -0.4 is 10.1 Å². The van der Waals surface area contributed by atoms with Crippen LogP contribution in [0.25, 0.3) is 0 Å². The minimum Gasteiger partial charge on any atom is -0.504 e. The number of nitrogens with one attached hydrogen (secondary N) is 1. The molecule has 0 spiro atoms. The Morgan fingerprint density at radius 2 is 1.89 bits per heavy atom. The number of thioether (sulfide) groups is 1. The Balaban J connectivity index is 2.23. The predicted molar refractivity (Wildman–Crippen MR) is 111 cm³/mol. The van der Waals surface area contributed by atoms with Crippen LogP contribution in [0.15, 0.2) is 47.4 Å². The Hall–Kier alpha value is -2.38. The Labute approximate surface area is 169 Å². The molecule has 0 aromatic heterocycles. The standard InChI is InChI=1S/C21H27NO5S/c1-21(2,11-12-23)19(14-5-10-18(26-3)17(24)13-14)27-20(25)22-15-6-8-16(28-4)9-7-15/h5-10,13,19,23-24H,11-12H2,1-4H3,(H,22,25)/t19-/m1/s1. The van der Waals surface area contributed by atoms with Gasteiger partial charge in [0.2, 0.25) is 0 Å². The highest BCUT2D eigenvalue weighted by Gasteiger charge is 2.34. The molecule has 3 N–H and O–H groups in total. The highest BCUT2D eigenvalue weighted by molar-refractivity contribution is 7.98. The van der Waals surface area contributed by atoms with Crippen LogP contribution in [0.1, 0.15) is 31.9 Å². The van der Waals surface area contributed by atoms with E-state index in [0.717, 1.165) is 4.90 Å². The van der Waals surface area contributed by atoms with Gasteiger partial charge in [-0.05, 0) is 54.6 Å². The largest absolute Gasteiger partial charge is 0.504 e. The van der Waals surface area contributed by atoms with Gasteiger partial charge in [0.05, 0.1) is 7.11 Å². The number of phenols is 1. The Morgan fingerprint density at radius 1 is 1.21 bits per heavy atom. The minimum atomic E-state index is -0.679. The SMILES string of the molecule is COc1ccc([C@@H](OC(=O)Nc2ccc(SC)cc2)C(C)(C)CCO)cc1O. The zero-order valence-corrected chi connectivity index (χ0v) is 17.4. The summed E-state index contributed by atoms with van der Waals surface area (Å²) in [7, 11) is 1.47. The smallest absolute Gasteiger partial charge is 0.412 e. The van der Waals surface area contributed by atoms with E-state index in [1.807, 2.05) is 32.2 Å². The van der Waals surface area contributed by atoms with Crippen molar-refractivity contribution in [1.82, 2.24) is 0 Å². The number of ether oxygens (including phenoxy) is 2. The van der Waals surface area contributed by atoms with E-state index in [9.17, 15) is 15.0 Å². The third kappa shape index (κ3) is 5.56. The van der Waals surface area contributed by atoms with E-state index in [4.69, 9.17) is 9.47 Å². The van der Waals surface area contributed by atoms with Crippen LogP contribution in [-0.2, 0) is 4.74 Å². The molecule has 0 aliphatic heterocycles. The van der Waals surface area contributed by atoms with Crippen LogP contribution in [0.2, 0.25) is 0 Å². The van der Waals surface area contributed by atoms with Gasteiger partial charge < -0.3 is 19.7 Å². The number of benzene rings is 2. The van der Waals surface area contributed by atoms with Crippen molar-refractivity contribution >= 4 is 23.5 Å². The lowest BCUT2D eigenvalue weighted by Crippen LogP contribution is -2.29. The highest BCUT2D eigenvalue weighted by atomic mass is 32.2. The van der Waals surface area contributed by atoms with E-state index in [2.05, 4.69) is 5.32 Å². The number of rotatable bonds is 8. The molecular weight excluding hydrogens is 378 g/mol. The first-order valence-corrected chi connectivity index (χ1v) is 10.1. The van der Waals surface area contributed by atoms with Crippen molar-refractivity contribution in [2.45, 2.75) is 31.3 Å². The molecule has 0 aliphatic rings. The van der Waals surface area contributed by atoms with E-state index in [1.54, 1.807) is 36.0 Å². The first-order valence-electron chi connectivity index (χ1n) is 8.90. The molecular formula is C21H27NO5S. The lowest BCUT2D eigenvalue weighted by atomic mass is 9.80. The molecule has 0 saturated heterocycles. The van der Waals surface area contributed by atoms with Gasteiger partial charge in [-0.1, -0.05) is 19.9 Å². The lowest BCUT2D eigenvalue weighted by molar-refractivity contribution is 0.0151. The van der Waals surface area contributed by atoms with Gasteiger partial charge in [-0.25, -0.2) is 4.79 Å². The molecule has 28 heavy (non-hydrogen) atoms. The van der Waals surface area contributed by atoms with E-state index < -0.39 is 17.6 Å². The number of methoxy groups -OCH3 is 1. The molecule has 0 bridgehead atoms. The molecule has 0 unspecified atom stereocenters. The fraction of sp³-hybridized carbons (Fsp3) is 0.381. The highest BCUT2D eigenvalue weighted by Crippen LogP contribution is 2.42. The Morgan fingerprint density at radius 3 is 2.43 bits per heavy atom. The number of aromatic hydroxyl groups is 1. The van der Waals surface area contributed by atoms with Gasteiger partial charge in [-0.15, -0.1) is 11.8 Å². The lowest BCUT2D eigenvalue weighted by Gasteiger charge is -2.34. The van der Waals surface area contributed by atoms with Crippen LogP contribution in [0.3, 0.4) is 0 Å². The third-order valence-electron chi connectivity index (χ3n) is 4.53. The maximum Gasteiger partial charge on any atom is 0.412 e. The monoisotopic (exact) mass is 405 g/mol. The minimum absolute atomic E-state index is 0.0403. The van der Waals surface area contributed by atoms with Crippen molar-refractivity contribution in [1.29, 1.82) is 0 Å². The number of aliphatic hydroxyl groups is 1. The summed E-state index contributed by atoms with van der Waals surface area (Å²) in [5.74, 6) is 0.294. The van der Waals surface area contributed by atoms with Gasteiger partial charge in [0, 0.05) is 22.6 Å². The molecule has 0 aliphatic carbocycles. The van der Waals surface area contributed by atoms with Gasteiger partial charge in [0.25, 0.3) is 0 Å². The molecule has 0 heterocycles. The fourth-order valence-electron chi connectivity index (χ4n) is 2.90. The van der Waals surface area contributed by atoms with Crippen molar-refractivity contribution in [3.05, 3.63) is 48.0 Å². The molecule has 152 valence electrons. The van der Waals surface area contributed by atoms with Crippen molar-refractivity contribution in [2.75, 3.05) is 25.3 Å². The second-order valence-corrected chi connectivity index (χ2v) is 7.91. The molecule has 2 aromatic carbocycles. The Kier molecular flexibility index (Phi) is 7.60. The summed E-state index contributed by atoms with van der Waals surface area (Å²) in [4.78, 5) is 13.6. The van der Waals surface area contributed by atoms with E-state index >= 15 is 0 Å². The number of aliphatic hydroxyl groups excluding tert-OH is 1. The van der Waals surface area contributed by atoms with Gasteiger partial charge in [-0.3, -0.25) is 5.32 Å². The van der Waals surface area contributed by atoms with Crippen molar-refractivity contribution < 1.29 is 24.5 Å². The first-order chi connectivity index (χ1) is 13.3. The number of hydrogen-bond acceptors (Lipinski definition) is 6. The summed E-state index contributed by atoms with van der Waals surface area (Å²) in [6.45, 7) is 3.75. The van der Waals surface area contributed by atoms with Crippen LogP contribution in [0.4, 0.5) is 10.5 Å². The molecule has 0 radical (unpaired) electrons. The number of carbonyl (C=O) groups excluding carboxylic acids is 1. The van der Waals surface area contributed by atoms with Crippen LogP contribution in [0, 0.1) is 5.41 Å². The van der Waals surface area contributed by atoms with Crippen LogP contribution >= 0.6 is 11.8 Å². The second kappa shape index (κ2) is 9.71. The van der Waals surface area contributed by atoms with E-state index in [-0.39, 0.29) is 12.4 Å². The second-order valence-electron chi connectivity index (χ2n) is 7.03. The summed E-state index contributed by atoms with van der Waals surface area (Å²) in [6, 6.07) is 12.3. The van der Waals surface area contributed by atoms with E-state index in [1.165, 1.54) is 13.2 Å². The quantitative estimate of drug-likeness (QED) is 0.546. The fourth-order valence-corrected chi connectivity index (χ4v) is 3.31. The van der Waals surface area contributed by atoms with Gasteiger partial charge in [0.1, 0.15) is 6.10 Å². The van der Waals surface area contributed by atoms with Gasteiger partial charge in [0.15, 0.2) is 11.5 Å². The van der Waals surface area contributed by atoms with Crippen molar-refractivity contribution in [3.63, 3.8) is 0 Å². The van der Waals surface area contributed by atoms with Crippen LogP contribution in [0.5, 0.6) is 11.5 Å². The summed E-state index contributed by atoms with van der Waals surface area (Å²) >= 11 is 1.62. The molecule has 1 amide bonds. The van der Waals surface area contributed by atoms with Crippen molar-refractivity contribution in [3.8, 4) is 11.5 Å². The van der Waals surface area contributed by atoms with Gasteiger partial charge >= 0.3 is 6.09 Å². The molecule has 0 fully saturated rings. The molecule has 2 aromatic rings. The third-order valence-corrected chi connectivity index (χ3v) is 5.28. The molecule has 7 heteroatoms. The topological polar surface area (TPSA) is 88.0 Å². The molecule has 0 saturated carbocycles. The number of anilines is 1. The average molecular weight is 406 g/mol. The molecule has 2 rings (SSSR count). The molecule has 1 atom stereocenters. The zero-order chi connectivity index (χ0) is 20.7. The average Bonchev–Trinajstić information content (AvgIpc) is 2.66. The summed E-state index contributed by atoms with van der Waals surface area (Å²) in [5, 5.41) is 22.3. The summed E-state index contributed by atoms with van der Waals surface area (Å²) in [5.41, 5.74) is 0.680. The normalized spacial score (nSPS) is 12.3. The van der Waals surface area contributed by atoms with E-state index in [0.29, 0.717) is 23.4 Å².